The van der Waals surface area contributed by atoms with Crippen molar-refractivity contribution in [3.05, 3.63) is 100 Å². The third-order valence-electron chi connectivity index (χ3n) is 4.54. The van der Waals surface area contributed by atoms with Gasteiger partial charge in [-0.2, -0.15) is 0 Å². The number of carbonyl (C=O) groups is 2. The minimum absolute atomic E-state index is 0.101. The van der Waals surface area contributed by atoms with Gasteiger partial charge in [-0.15, -0.1) is 0 Å². The standard InChI is InChI=1S/C23H16O3/c1-26-21-9-5-2-6-16(21)12-10-15-11-13-19-20(14-15)23(25)18-8-4-3-7-17(18)22(19)24/h2-14H,1H3/b12-10+. The Kier molecular flexibility index (Phi) is 3.98. The fraction of sp³-hybridized carbons (Fsp3) is 0.0435. The van der Waals surface area contributed by atoms with Crippen LogP contribution in [0.2, 0.25) is 0 Å². The van der Waals surface area contributed by atoms with E-state index in [9.17, 15) is 9.59 Å². The van der Waals surface area contributed by atoms with Crippen LogP contribution in [0.4, 0.5) is 0 Å². The molecule has 0 heterocycles. The quantitative estimate of drug-likeness (QED) is 0.510. The zero-order chi connectivity index (χ0) is 18.1. The summed E-state index contributed by atoms with van der Waals surface area (Å²) in [5.41, 5.74) is 3.66. The van der Waals surface area contributed by atoms with Crippen molar-refractivity contribution in [2.75, 3.05) is 7.11 Å². The molecule has 0 saturated carbocycles. The lowest BCUT2D eigenvalue weighted by molar-refractivity contribution is 0.0979. The number of rotatable bonds is 3. The molecule has 0 unspecified atom stereocenters. The fourth-order valence-corrected chi connectivity index (χ4v) is 3.21. The average Bonchev–Trinajstić information content (AvgIpc) is 2.70. The van der Waals surface area contributed by atoms with Crippen molar-refractivity contribution >= 4 is 23.7 Å². The maximum atomic E-state index is 12.8. The van der Waals surface area contributed by atoms with Gasteiger partial charge in [0.25, 0.3) is 0 Å². The van der Waals surface area contributed by atoms with Crippen molar-refractivity contribution in [2.45, 2.75) is 0 Å². The first-order valence-electron chi connectivity index (χ1n) is 8.32. The van der Waals surface area contributed by atoms with Crippen molar-refractivity contribution in [1.82, 2.24) is 0 Å². The first-order valence-corrected chi connectivity index (χ1v) is 8.32. The molecule has 3 heteroatoms. The monoisotopic (exact) mass is 340 g/mol. The van der Waals surface area contributed by atoms with Gasteiger partial charge < -0.3 is 4.74 Å². The summed E-state index contributed by atoms with van der Waals surface area (Å²) >= 11 is 0. The minimum Gasteiger partial charge on any atom is -0.496 e. The summed E-state index contributed by atoms with van der Waals surface area (Å²) in [6.07, 6.45) is 3.85. The molecule has 4 rings (SSSR count). The van der Waals surface area contributed by atoms with E-state index < -0.39 is 0 Å². The Labute approximate surface area is 151 Å². The Bertz CT molecular complexity index is 1060. The molecule has 0 radical (unpaired) electrons. The topological polar surface area (TPSA) is 43.4 Å². The second kappa shape index (κ2) is 6.45. The van der Waals surface area contributed by atoms with Crippen molar-refractivity contribution in [3.8, 4) is 5.75 Å². The predicted molar refractivity (Wildman–Crippen MR) is 102 cm³/mol. The molecule has 0 saturated heterocycles. The van der Waals surface area contributed by atoms with E-state index in [0.29, 0.717) is 22.3 Å². The van der Waals surface area contributed by atoms with Crippen LogP contribution in [0.3, 0.4) is 0 Å². The molecule has 0 N–H and O–H groups in total. The van der Waals surface area contributed by atoms with Crippen molar-refractivity contribution in [1.29, 1.82) is 0 Å². The summed E-state index contributed by atoms with van der Waals surface area (Å²) in [6.45, 7) is 0. The van der Waals surface area contributed by atoms with Crippen LogP contribution >= 0.6 is 0 Å². The van der Waals surface area contributed by atoms with Gasteiger partial charge in [-0.25, -0.2) is 0 Å². The molecule has 0 aromatic heterocycles. The van der Waals surface area contributed by atoms with E-state index in [0.717, 1.165) is 16.9 Å². The molecule has 0 spiro atoms. The number of hydrogen-bond acceptors (Lipinski definition) is 3. The zero-order valence-electron chi connectivity index (χ0n) is 14.2. The summed E-state index contributed by atoms with van der Waals surface area (Å²) < 4.78 is 5.34. The zero-order valence-corrected chi connectivity index (χ0v) is 14.2. The van der Waals surface area contributed by atoms with Crippen LogP contribution in [0, 0.1) is 0 Å². The van der Waals surface area contributed by atoms with E-state index in [1.54, 1.807) is 43.5 Å². The number of hydrogen-bond donors (Lipinski definition) is 0. The number of fused-ring (bicyclic) bond motifs is 2. The maximum Gasteiger partial charge on any atom is 0.194 e. The highest BCUT2D eigenvalue weighted by atomic mass is 16.5. The SMILES string of the molecule is COc1ccccc1/C=C/c1ccc2c(c1)C(=O)c1ccccc1C2=O. The lowest BCUT2D eigenvalue weighted by atomic mass is 9.83. The number of benzene rings is 3. The van der Waals surface area contributed by atoms with E-state index in [1.165, 1.54) is 0 Å². The van der Waals surface area contributed by atoms with Crippen LogP contribution in [-0.2, 0) is 0 Å². The molecular formula is C23H16O3. The van der Waals surface area contributed by atoms with Crippen LogP contribution in [0.1, 0.15) is 43.0 Å². The third-order valence-corrected chi connectivity index (χ3v) is 4.54. The van der Waals surface area contributed by atoms with Gasteiger partial charge >= 0.3 is 0 Å². The Morgan fingerprint density at radius 2 is 1.31 bits per heavy atom. The van der Waals surface area contributed by atoms with Gasteiger partial charge in [0.15, 0.2) is 11.6 Å². The van der Waals surface area contributed by atoms with Crippen LogP contribution in [-0.4, -0.2) is 18.7 Å². The molecule has 0 fully saturated rings. The molecule has 3 aromatic rings. The summed E-state index contributed by atoms with van der Waals surface area (Å²) in [4.78, 5) is 25.4. The van der Waals surface area contributed by atoms with Gasteiger partial charge in [-0.05, 0) is 23.8 Å². The lowest BCUT2D eigenvalue weighted by Crippen LogP contribution is -2.20. The first-order chi connectivity index (χ1) is 12.7. The van der Waals surface area contributed by atoms with Crippen molar-refractivity contribution in [2.24, 2.45) is 0 Å². The fourth-order valence-electron chi connectivity index (χ4n) is 3.21. The molecule has 26 heavy (non-hydrogen) atoms. The lowest BCUT2D eigenvalue weighted by Gasteiger charge is -2.17. The smallest absolute Gasteiger partial charge is 0.194 e. The Hall–Kier alpha value is -3.46. The van der Waals surface area contributed by atoms with Crippen LogP contribution in [0.5, 0.6) is 5.75 Å². The molecule has 0 atom stereocenters. The number of methoxy groups -OCH3 is 1. The molecule has 0 bridgehead atoms. The number of ether oxygens (including phenoxy) is 1. The maximum absolute atomic E-state index is 12.8. The predicted octanol–water partition coefficient (Wildman–Crippen LogP) is 4.64. The normalized spacial score (nSPS) is 12.8. The van der Waals surface area contributed by atoms with Gasteiger partial charge in [0.1, 0.15) is 5.75 Å². The van der Waals surface area contributed by atoms with Gasteiger partial charge in [-0.1, -0.05) is 60.7 Å². The number of ketones is 2. The van der Waals surface area contributed by atoms with Gasteiger partial charge in [-0.3, -0.25) is 9.59 Å². The summed E-state index contributed by atoms with van der Waals surface area (Å²) in [7, 11) is 1.63. The van der Waals surface area contributed by atoms with E-state index in [2.05, 4.69) is 0 Å². The molecule has 126 valence electrons. The van der Waals surface area contributed by atoms with Crippen molar-refractivity contribution in [3.63, 3.8) is 0 Å². The number of para-hydroxylation sites is 1. The average molecular weight is 340 g/mol. The second-order valence-corrected chi connectivity index (χ2v) is 6.08. The Balaban J connectivity index is 1.73. The number of carbonyl (C=O) groups excluding carboxylic acids is 2. The molecule has 3 nitrogen and oxygen atoms in total. The van der Waals surface area contributed by atoms with E-state index in [1.807, 2.05) is 42.5 Å². The first kappa shape index (κ1) is 16.0. The summed E-state index contributed by atoms with van der Waals surface area (Å²) in [5.74, 6) is 0.570. The molecule has 1 aliphatic carbocycles. The summed E-state index contributed by atoms with van der Waals surface area (Å²) in [5, 5.41) is 0. The minimum atomic E-state index is -0.109. The highest BCUT2D eigenvalue weighted by Crippen LogP contribution is 2.28. The van der Waals surface area contributed by atoms with Gasteiger partial charge in [0.2, 0.25) is 0 Å². The van der Waals surface area contributed by atoms with Crippen molar-refractivity contribution < 1.29 is 14.3 Å². The van der Waals surface area contributed by atoms with Crippen LogP contribution < -0.4 is 4.74 Å². The Morgan fingerprint density at radius 3 is 2.04 bits per heavy atom. The second-order valence-electron chi connectivity index (χ2n) is 6.08. The largest absolute Gasteiger partial charge is 0.496 e. The molecule has 0 aliphatic heterocycles. The van der Waals surface area contributed by atoms with Crippen LogP contribution in [0.15, 0.2) is 66.7 Å². The van der Waals surface area contributed by atoms with Gasteiger partial charge in [0, 0.05) is 27.8 Å². The highest BCUT2D eigenvalue weighted by Gasteiger charge is 2.29. The van der Waals surface area contributed by atoms with E-state index >= 15 is 0 Å². The molecular weight excluding hydrogens is 324 g/mol. The highest BCUT2D eigenvalue weighted by molar-refractivity contribution is 6.28. The molecule has 3 aromatic carbocycles. The van der Waals surface area contributed by atoms with E-state index in [-0.39, 0.29) is 11.6 Å². The van der Waals surface area contributed by atoms with E-state index in [4.69, 9.17) is 4.74 Å². The van der Waals surface area contributed by atoms with Crippen LogP contribution in [0.25, 0.3) is 12.2 Å². The third kappa shape index (κ3) is 2.64. The molecule has 0 amide bonds. The Morgan fingerprint density at radius 1 is 0.692 bits per heavy atom. The summed E-state index contributed by atoms with van der Waals surface area (Å²) in [6, 6.07) is 20.0. The molecule has 1 aliphatic rings. The van der Waals surface area contributed by atoms with Gasteiger partial charge in [0.05, 0.1) is 7.11 Å².